The first-order valence-corrected chi connectivity index (χ1v) is 13.9. The van der Waals surface area contributed by atoms with E-state index in [0.717, 1.165) is 25.7 Å². The number of aliphatic hydroxyl groups is 1. The maximum Gasteiger partial charge on any atom is 0.306 e. The lowest BCUT2D eigenvalue weighted by Gasteiger charge is -2.15. The summed E-state index contributed by atoms with van der Waals surface area (Å²) < 4.78 is 11.0. The van der Waals surface area contributed by atoms with Gasteiger partial charge in [0.2, 0.25) is 0 Å². The molecule has 33 heavy (non-hydrogen) atoms. The number of hydrogen-bond donors (Lipinski definition) is 1. The van der Waals surface area contributed by atoms with E-state index in [1.165, 1.54) is 83.5 Å². The highest BCUT2D eigenvalue weighted by Crippen LogP contribution is 2.10. The predicted molar refractivity (Wildman–Crippen MR) is 141 cm³/mol. The Hall–Kier alpha value is -1.13. The van der Waals surface area contributed by atoms with E-state index in [2.05, 4.69) is 38.2 Å². The number of unbranched alkanes of at least 4 members (excludes halogenated alkanes) is 13. The molecule has 0 amide bonds. The third-order valence-electron chi connectivity index (χ3n) is 5.78. The van der Waals surface area contributed by atoms with Crippen LogP contribution in [-0.4, -0.2) is 37.0 Å². The molecule has 4 nitrogen and oxygen atoms in total. The van der Waals surface area contributed by atoms with Gasteiger partial charge in [0.1, 0.15) is 6.10 Å². The second-order valence-corrected chi connectivity index (χ2v) is 9.12. The number of allylic oxidation sites excluding steroid dienone is 4. The summed E-state index contributed by atoms with van der Waals surface area (Å²) >= 11 is 0. The summed E-state index contributed by atoms with van der Waals surface area (Å²) in [5, 5.41) is 9.41. The molecule has 0 spiro atoms. The Labute approximate surface area is 205 Å². The van der Waals surface area contributed by atoms with Crippen LogP contribution in [0, 0.1) is 0 Å². The molecule has 0 aliphatic rings. The zero-order valence-corrected chi connectivity index (χ0v) is 21.9. The van der Waals surface area contributed by atoms with Gasteiger partial charge in [-0.2, -0.15) is 0 Å². The van der Waals surface area contributed by atoms with E-state index in [0.29, 0.717) is 19.6 Å². The van der Waals surface area contributed by atoms with Crippen LogP contribution in [0.3, 0.4) is 0 Å². The summed E-state index contributed by atoms with van der Waals surface area (Å²) in [5.41, 5.74) is 0. The molecule has 194 valence electrons. The lowest BCUT2D eigenvalue weighted by Crippen LogP contribution is -2.27. The van der Waals surface area contributed by atoms with Crippen molar-refractivity contribution in [3.8, 4) is 0 Å². The molecule has 0 rings (SSSR count). The fraction of sp³-hybridized carbons (Fsp3) is 0.828. The van der Waals surface area contributed by atoms with Crippen LogP contribution in [-0.2, 0) is 14.3 Å². The topological polar surface area (TPSA) is 55.8 Å². The number of ether oxygens (including phenoxy) is 2. The number of esters is 1. The van der Waals surface area contributed by atoms with Crippen molar-refractivity contribution in [3.63, 3.8) is 0 Å². The molecule has 0 saturated carbocycles. The van der Waals surface area contributed by atoms with Gasteiger partial charge < -0.3 is 14.6 Å². The number of aliphatic hydroxyl groups excluding tert-OH is 1. The van der Waals surface area contributed by atoms with Crippen molar-refractivity contribution < 1.29 is 19.4 Å². The number of hydrogen-bond acceptors (Lipinski definition) is 4. The summed E-state index contributed by atoms with van der Waals surface area (Å²) in [5.74, 6) is -0.216. The van der Waals surface area contributed by atoms with Gasteiger partial charge in [-0.3, -0.25) is 4.79 Å². The average molecular weight is 467 g/mol. The zero-order valence-electron chi connectivity index (χ0n) is 21.9. The van der Waals surface area contributed by atoms with Crippen LogP contribution in [0.2, 0.25) is 0 Å². The Bertz CT molecular complexity index is 459. The van der Waals surface area contributed by atoms with Crippen LogP contribution in [0.15, 0.2) is 24.3 Å². The van der Waals surface area contributed by atoms with E-state index in [1.54, 1.807) is 0 Å². The van der Waals surface area contributed by atoms with Crippen LogP contribution < -0.4 is 0 Å². The van der Waals surface area contributed by atoms with Crippen molar-refractivity contribution in [1.29, 1.82) is 0 Å². The van der Waals surface area contributed by atoms with E-state index >= 15 is 0 Å². The van der Waals surface area contributed by atoms with Crippen LogP contribution in [0.5, 0.6) is 0 Å². The second-order valence-electron chi connectivity index (χ2n) is 9.12. The normalized spacial score (nSPS) is 12.7. The van der Waals surface area contributed by atoms with E-state index < -0.39 is 6.10 Å². The third kappa shape index (κ3) is 25.3. The molecule has 0 aliphatic carbocycles. The molecular formula is C29H54O4. The lowest BCUT2D eigenvalue weighted by molar-refractivity contribution is -0.154. The van der Waals surface area contributed by atoms with Crippen LogP contribution in [0.1, 0.15) is 129 Å². The highest BCUT2D eigenvalue weighted by molar-refractivity contribution is 5.69. The van der Waals surface area contributed by atoms with E-state index in [-0.39, 0.29) is 12.6 Å². The maximum absolute atomic E-state index is 11.9. The average Bonchev–Trinajstić information content (AvgIpc) is 2.82. The number of carbonyl (C=O) groups excluding carboxylic acids is 1. The Morgan fingerprint density at radius 1 is 0.727 bits per heavy atom. The first kappa shape index (κ1) is 31.9. The van der Waals surface area contributed by atoms with Gasteiger partial charge in [0.15, 0.2) is 0 Å². The monoisotopic (exact) mass is 466 g/mol. The quantitative estimate of drug-likeness (QED) is 0.0839. The lowest BCUT2D eigenvalue weighted by atomic mass is 10.1. The largest absolute Gasteiger partial charge is 0.457 e. The van der Waals surface area contributed by atoms with E-state index in [4.69, 9.17) is 9.47 Å². The summed E-state index contributed by atoms with van der Waals surface area (Å²) in [7, 11) is 0. The first-order chi connectivity index (χ1) is 16.2. The van der Waals surface area contributed by atoms with Gasteiger partial charge in [0, 0.05) is 13.0 Å². The van der Waals surface area contributed by atoms with Gasteiger partial charge in [-0.15, -0.1) is 0 Å². The van der Waals surface area contributed by atoms with Gasteiger partial charge >= 0.3 is 5.97 Å². The van der Waals surface area contributed by atoms with E-state index in [1.807, 2.05) is 0 Å². The van der Waals surface area contributed by atoms with Gasteiger partial charge in [0.25, 0.3) is 0 Å². The minimum absolute atomic E-state index is 0.175. The minimum atomic E-state index is -0.530. The third-order valence-corrected chi connectivity index (χ3v) is 5.78. The van der Waals surface area contributed by atoms with Crippen molar-refractivity contribution in [2.45, 2.75) is 136 Å². The molecule has 1 unspecified atom stereocenters. The zero-order chi connectivity index (χ0) is 24.2. The molecule has 0 saturated heterocycles. The molecule has 4 heteroatoms. The van der Waals surface area contributed by atoms with Crippen molar-refractivity contribution >= 4 is 5.97 Å². The Kier molecular flexibility index (Phi) is 26.2. The summed E-state index contributed by atoms with van der Waals surface area (Å²) in [4.78, 5) is 11.9. The molecular weight excluding hydrogens is 412 g/mol. The van der Waals surface area contributed by atoms with Crippen molar-refractivity contribution in [2.24, 2.45) is 0 Å². The van der Waals surface area contributed by atoms with Gasteiger partial charge in [-0.25, -0.2) is 0 Å². The molecule has 0 aromatic carbocycles. The van der Waals surface area contributed by atoms with Gasteiger partial charge in [-0.1, -0.05) is 109 Å². The van der Waals surface area contributed by atoms with Crippen molar-refractivity contribution in [2.75, 3.05) is 19.8 Å². The summed E-state index contributed by atoms with van der Waals surface area (Å²) in [6.45, 7) is 5.21. The maximum atomic E-state index is 11.9. The fourth-order valence-corrected chi connectivity index (χ4v) is 3.64. The molecule has 0 radical (unpaired) electrons. The highest BCUT2D eigenvalue weighted by Gasteiger charge is 2.13. The van der Waals surface area contributed by atoms with Gasteiger partial charge in [0.05, 0.1) is 13.2 Å². The number of rotatable bonds is 25. The Morgan fingerprint density at radius 3 is 1.97 bits per heavy atom. The highest BCUT2D eigenvalue weighted by atomic mass is 16.6. The Balaban J connectivity index is 3.46. The molecule has 0 aromatic heterocycles. The van der Waals surface area contributed by atoms with Crippen molar-refractivity contribution in [1.82, 2.24) is 0 Å². The standard InChI is InChI=1S/C29H54O4/c1-3-5-7-9-11-12-13-14-15-16-17-18-19-21-23-25-32-27-28(26-30)33-29(31)24-22-20-10-8-6-4-2/h9,11,13-14,28,30H,3-8,10,12,15-27H2,1-2H3/b11-9-,14-13-. The molecule has 0 fully saturated rings. The summed E-state index contributed by atoms with van der Waals surface area (Å²) in [6, 6.07) is 0. The molecule has 1 N–H and O–H groups in total. The molecule has 0 aliphatic heterocycles. The van der Waals surface area contributed by atoms with Crippen molar-refractivity contribution in [3.05, 3.63) is 24.3 Å². The molecule has 0 bridgehead atoms. The smallest absolute Gasteiger partial charge is 0.306 e. The van der Waals surface area contributed by atoms with E-state index in [9.17, 15) is 9.90 Å². The Morgan fingerprint density at radius 2 is 1.30 bits per heavy atom. The predicted octanol–water partition coefficient (Wildman–Crippen LogP) is 8.08. The minimum Gasteiger partial charge on any atom is -0.457 e. The molecule has 0 aromatic rings. The van der Waals surface area contributed by atoms with Crippen LogP contribution >= 0.6 is 0 Å². The SMILES string of the molecule is CCCC/C=C\C/C=C\CCCCCCCCOCC(CO)OC(=O)CCCCCCCC. The first-order valence-electron chi connectivity index (χ1n) is 13.9. The second kappa shape index (κ2) is 27.1. The summed E-state index contributed by atoms with van der Waals surface area (Å²) in [6.07, 6.45) is 29.3. The fourth-order valence-electron chi connectivity index (χ4n) is 3.64. The van der Waals surface area contributed by atoms with Crippen LogP contribution in [0.25, 0.3) is 0 Å². The molecule has 0 heterocycles. The van der Waals surface area contributed by atoms with Crippen LogP contribution in [0.4, 0.5) is 0 Å². The number of carbonyl (C=O) groups is 1. The molecule has 1 atom stereocenters. The van der Waals surface area contributed by atoms with Gasteiger partial charge in [-0.05, 0) is 38.5 Å².